The van der Waals surface area contributed by atoms with Crippen LogP contribution in [0.2, 0.25) is 0 Å². The van der Waals surface area contributed by atoms with Gasteiger partial charge in [0, 0.05) is 18.0 Å². The number of hydrogen-bond donors (Lipinski definition) is 1. The third-order valence-electron chi connectivity index (χ3n) is 3.50. The first kappa shape index (κ1) is 10.4. The second kappa shape index (κ2) is 3.91. The molecule has 0 radical (unpaired) electrons. The standard InChI is InChI=1S/C14H15NO2/c1-15-14(16)7-11-8-17-13-6-10-4-2-3-9(10)5-12(11)13/h5-6,8H,2-4,7H2,1H3,(H,15,16). The number of hydrogen-bond acceptors (Lipinski definition) is 2. The SMILES string of the molecule is CNC(=O)Cc1coc2cc3c(cc12)CCC3. The number of carbonyl (C=O) groups excluding carboxylic acids is 1. The lowest BCUT2D eigenvalue weighted by Crippen LogP contribution is -2.19. The van der Waals surface area contributed by atoms with Gasteiger partial charge in [-0.1, -0.05) is 0 Å². The zero-order valence-electron chi connectivity index (χ0n) is 9.88. The van der Waals surface area contributed by atoms with E-state index in [1.54, 1.807) is 13.3 Å². The molecule has 0 aliphatic heterocycles. The summed E-state index contributed by atoms with van der Waals surface area (Å²) < 4.78 is 5.54. The minimum atomic E-state index is 0.0215. The molecule has 88 valence electrons. The first-order valence-electron chi connectivity index (χ1n) is 6.00. The third-order valence-corrected chi connectivity index (χ3v) is 3.50. The largest absolute Gasteiger partial charge is 0.464 e. The van der Waals surface area contributed by atoms with Crippen LogP contribution in [0, 0.1) is 0 Å². The van der Waals surface area contributed by atoms with Crippen molar-refractivity contribution in [1.29, 1.82) is 0 Å². The van der Waals surface area contributed by atoms with Gasteiger partial charge in [-0.2, -0.15) is 0 Å². The van der Waals surface area contributed by atoms with Gasteiger partial charge in [0.2, 0.25) is 5.91 Å². The molecule has 0 saturated carbocycles. The van der Waals surface area contributed by atoms with E-state index < -0.39 is 0 Å². The molecule has 0 spiro atoms. The molecule has 1 aliphatic carbocycles. The van der Waals surface area contributed by atoms with Gasteiger partial charge in [0.1, 0.15) is 5.58 Å². The molecule has 0 unspecified atom stereocenters. The Morgan fingerprint density at radius 3 is 2.88 bits per heavy atom. The first-order chi connectivity index (χ1) is 8.28. The molecule has 3 rings (SSSR count). The third kappa shape index (κ3) is 1.71. The molecule has 0 bridgehead atoms. The Labute approximate surface area is 99.8 Å². The topological polar surface area (TPSA) is 42.2 Å². The van der Waals surface area contributed by atoms with Gasteiger partial charge in [-0.05, 0) is 42.5 Å². The van der Waals surface area contributed by atoms with E-state index >= 15 is 0 Å². The van der Waals surface area contributed by atoms with Crippen molar-refractivity contribution in [2.45, 2.75) is 25.7 Å². The summed E-state index contributed by atoms with van der Waals surface area (Å²) in [5.41, 5.74) is 4.70. The number of fused-ring (bicyclic) bond motifs is 2. The first-order valence-corrected chi connectivity index (χ1v) is 6.00. The lowest BCUT2D eigenvalue weighted by atomic mass is 10.0. The number of amides is 1. The lowest BCUT2D eigenvalue weighted by Gasteiger charge is -2.00. The van der Waals surface area contributed by atoms with Gasteiger partial charge in [0.25, 0.3) is 0 Å². The number of benzene rings is 1. The van der Waals surface area contributed by atoms with Crippen LogP contribution in [0.25, 0.3) is 11.0 Å². The van der Waals surface area contributed by atoms with Crippen LogP contribution in [-0.4, -0.2) is 13.0 Å². The number of carbonyl (C=O) groups is 1. The molecule has 1 N–H and O–H groups in total. The van der Waals surface area contributed by atoms with E-state index in [9.17, 15) is 4.79 Å². The van der Waals surface area contributed by atoms with Crippen LogP contribution in [0.15, 0.2) is 22.8 Å². The van der Waals surface area contributed by atoms with Crippen molar-refractivity contribution in [2.24, 2.45) is 0 Å². The van der Waals surface area contributed by atoms with E-state index in [0.29, 0.717) is 6.42 Å². The van der Waals surface area contributed by atoms with Crippen LogP contribution >= 0.6 is 0 Å². The number of aryl methyl sites for hydroxylation is 2. The Hall–Kier alpha value is -1.77. The molecule has 3 heteroatoms. The Morgan fingerprint density at radius 2 is 2.12 bits per heavy atom. The van der Waals surface area contributed by atoms with E-state index in [1.165, 1.54) is 17.5 Å². The number of rotatable bonds is 2. The maximum Gasteiger partial charge on any atom is 0.224 e. The van der Waals surface area contributed by atoms with E-state index in [1.807, 2.05) is 0 Å². The second-order valence-electron chi connectivity index (χ2n) is 4.58. The molecular formula is C14H15NO2. The number of likely N-dealkylation sites (N-methyl/N-ethyl adjacent to an activating group) is 1. The minimum absolute atomic E-state index is 0.0215. The van der Waals surface area contributed by atoms with Crippen molar-refractivity contribution in [2.75, 3.05) is 7.05 Å². The van der Waals surface area contributed by atoms with Crippen LogP contribution in [0.4, 0.5) is 0 Å². The second-order valence-corrected chi connectivity index (χ2v) is 4.58. The van der Waals surface area contributed by atoms with Crippen LogP contribution in [-0.2, 0) is 24.1 Å². The Balaban J connectivity index is 2.06. The van der Waals surface area contributed by atoms with Gasteiger partial charge in [-0.3, -0.25) is 4.79 Å². The van der Waals surface area contributed by atoms with E-state index in [4.69, 9.17) is 4.42 Å². The Bertz CT molecular complexity index is 583. The van der Waals surface area contributed by atoms with Crippen molar-refractivity contribution < 1.29 is 9.21 Å². The molecular weight excluding hydrogens is 214 g/mol. The molecule has 1 heterocycles. The van der Waals surface area contributed by atoms with Crippen molar-refractivity contribution in [3.05, 3.63) is 35.1 Å². The summed E-state index contributed by atoms with van der Waals surface area (Å²) >= 11 is 0. The normalized spacial score (nSPS) is 13.9. The average Bonchev–Trinajstić information content (AvgIpc) is 2.93. The zero-order chi connectivity index (χ0) is 11.8. The van der Waals surface area contributed by atoms with Gasteiger partial charge in [0.15, 0.2) is 0 Å². The molecule has 1 aromatic carbocycles. The summed E-state index contributed by atoms with van der Waals surface area (Å²) in [5, 5.41) is 3.73. The fourth-order valence-corrected chi connectivity index (χ4v) is 2.55. The molecule has 0 saturated heterocycles. The molecule has 3 nitrogen and oxygen atoms in total. The van der Waals surface area contributed by atoms with Gasteiger partial charge >= 0.3 is 0 Å². The Kier molecular flexibility index (Phi) is 2.39. The highest BCUT2D eigenvalue weighted by atomic mass is 16.3. The summed E-state index contributed by atoms with van der Waals surface area (Å²) in [5.74, 6) is 0.0215. The van der Waals surface area contributed by atoms with Crippen LogP contribution < -0.4 is 5.32 Å². The fraction of sp³-hybridized carbons (Fsp3) is 0.357. The van der Waals surface area contributed by atoms with Crippen molar-refractivity contribution >= 4 is 16.9 Å². The summed E-state index contributed by atoms with van der Waals surface area (Å²) in [6, 6.07) is 4.32. The molecule has 0 fully saturated rings. The van der Waals surface area contributed by atoms with Crippen LogP contribution in [0.3, 0.4) is 0 Å². The van der Waals surface area contributed by atoms with Crippen molar-refractivity contribution in [3.63, 3.8) is 0 Å². The predicted octanol–water partition coefficient (Wildman–Crippen LogP) is 2.21. The van der Waals surface area contributed by atoms with E-state index in [2.05, 4.69) is 17.4 Å². The highest BCUT2D eigenvalue weighted by Gasteiger charge is 2.16. The lowest BCUT2D eigenvalue weighted by molar-refractivity contribution is -0.119. The fourth-order valence-electron chi connectivity index (χ4n) is 2.55. The van der Waals surface area contributed by atoms with Crippen LogP contribution in [0.1, 0.15) is 23.1 Å². The average molecular weight is 229 g/mol. The molecule has 0 atom stereocenters. The minimum Gasteiger partial charge on any atom is -0.464 e. The molecule has 2 aromatic rings. The van der Waals surface area contributed by atoms with Crippen molar-refractivity contribution in [3.8, 4) is 0 Å². The maximum absolute atomic E-state index is 11.4. The van der Waals surface area contributed by atoms with E-state index in [-0.39, 0.29) is 5.91 Å². The van der Waals surface area contributed by atoms with Gasteiger partial charge in [0.05, 0.1) is 12.7 Å². The Morgan fingerprint density at radius 1 is 1.35 bits per heavy atom. The zero-order valence-corrected chi connectivity index (χ0v) is 9.88. The highest BCUT2D eigenvalue weighted by molar-refractivity contribution is 5.88. The highest BCUT2D eigenvalue weighted by Crippen LogP contribution is 2.30. The number of furan rings is 1. The molecule has 1 aromatic heterocycles. The van der Waals surface area contributed by atoms with Gasteiger partial charge < -0.3 is 9.73 Å². The molecule has 1 aliphatic rings. The smallest absolute Gasteiger partial charge is 0.224 e. The maximum atomic E-state index is 11.4. The van der Waals surface area contributed by atoms with Crippen molar-refractivity contribution in [1.82, 2.24) is 5.32 Å². The van der Waals surface area contributed by atoms with Gasteiger partial charge in [-0.15, -0.1) is 0 Å². The van der Waals surface area contributed by atoms with Gasteiger partial charge in [-0.25, -0.2) is 0 Å². The number of nitrogens with one attached hydrogen (secondary N) is 1. The van der Waals surface area contributed by atoms with E-state index in [0.717, 1.165) is 29.4 Å². The summed E-state index contributed by atoms with van der Waals surface area (Å²) in [7, 11) is 1.66. The summed E-state index contributed by atoms with van der Waals surface area (Å²) in [4.78, 5) is 11.4. The quantitative estimate of drug-likeness (QED) is 0.857. The summed E-state index contributed by atoms with van der Waals surface area (Å²) in [6.07, 6.45) is 5.62. The summed E-state index contributed by atoms with van der Waals surface area (Å²) in [6.45, 7) is 0. The van der Waals surface area contributed by atoms with Crippen LogP contribution in [0.5, 0.6) is 0 Å². The molecule has 1 amide bonds. The monoisotopic (exact) mass is 229 g/mol. The predicted molar refractivity (Wildman–Crippen MR) is 66.0 cm³/mol. The molecule has 17 heavy (non-hydrogen) atoms.